The van der Waals surface area contributed by atoms with E-state index < -0.39 is 6.10 Å². The number of nitrogens with zero attached hydrogens (tertiary/aromatic N) is 5. The zero-order chi connectivity index (χ0) is 13.0. The topological polar surface area (TPSA) is 96.2 Å². The first kappa shape index (κ1) is 12.3. The van der Waals surface area contributed by atoms with E-state index in [2.05, 4.69) is 26.3 Å². The van der Waals surface area contributed by atoms with Crippen molar-refractivity contribution in [3.63, 3.8) is 0 Å². The lowest BCUT2D eigenvalue weighted by molar-refractivity contribution is 0.0757. The van der Waals surface area contributed by atoms with Gasteiger partial charge in [0.25, 0.3) is 0 Å². The van der Waals surface area contributed by atoms with Crippen molar-refractivity contribution in [2.45, 2.75) is 6.10 Å². The van der Waals surface area contributed by atoms with Crippen LogP contribution >= 0.6 is 0 Å². The molecule has 8 nitrogen and oxygen atoms in total. The van der Waals surface area contributed by atoms with E-state index in [1.54, 1.807) is 7.05 Å². The van der Waals surface area contributed by atoms with Crippen molar-refractivity contribution in [1.82, 2.24) is 15.0 Å². The highest BCUT2D eigenvalue weighted by Gasteiger charge is 2.23. The highest BCUT2D eigenvalue weighted by atomic mass is 16.5. The first-order valence-electron chi connectivity index (χ1n) is 5.50. The summed E-state index contributed by atoms with van der Waals surface area (Å²) in [6, 6.07) is 2.32. The van der Waals surface area contributed by atoms with Crippen molar-refractivity contribution in [2.24, 2.45) is 0 Å². The summed E-state index contributed by atoms with van der Waals surface area (Å²) in [6.07, 6.45) is -0.459. The van der Waals surface area contributed by atoms with Gasteiger partial charge in [0.2, 0.25) is 11.9 Å². The van der Waals surface area contributed by atoms with Crippen molar-refractivity contribution in [3.05, 3.63) is 0 Å². The number of methoxy groups -OCH3 is 1. The van der Waals surface area contributed by atoms with Crippen LogP contribution in [0.25, 0.3) is 0 Å². The number of aromatic nitrogens is 3. The number of morpholine rings is 1. The summed E-state index contributed by atoms with van der Waals surface area (Å²) in [4.78, 5) is 14.3. The maximum absolute atomic E-state index is 8.87. The van der Waals surface area contributed by atoms with Crippen molar-refractivity contribution < 1.29 is 9.47 Å². The monoisotopic (exact) mass is 250 g/mol. The van der Waals surface area contributed by atoms with E-state index in [-0.39, 0.29) is 6.01 Å². The van der Waals surface area contributed by atoms with Crippen molar-refractivity contribution in [3.8, 4) is 12.1 Å². The maximum Gasteiger partial charge on any atom is 0.322 e. The second-order valence-corrected chi connectivity index (χ2v) is 3.63. The van der Waals surface area contributed by atoms with Crippen molar-refractivity contribution in [1.29, 1.82) is 5.26 Å². The Kier molecular flexibility index (Phi) is 3.74. The molecule has 1 N–H and O–H groups in total. The summed E-state index contributed by atoms with van der Waals surface area (Å²) in [5.41, 5.74) is 0. The van der Waals surface area contributed by atoms with Crippen LogP contribution in [0.3, 0.4) is 0 Å². The second kappa shape index (κ2) is 5.46. The van der Waals surface area contributed by atoms with Crippen LogP contribution in [0.5, 0.6) is 6.01 Å². The summed E-state index contributed by atoms with van der Waals surface area (Å²) >= 11 is 0. The Hall–Kier alpha value is -2.14. The molecule has 0 aliphatic carbocycles. The largest absolute Gasteiger partial charge is 0.467 e. The van der Waals surface area contributed by atoms with Gasteiger partial charge in [0.1, 0.15) is 0 Å². The summed E-state index contributed by atoms with van der Waals surface area (Å²) in [7, 11) is 3.21. The Morgan fingerprint density at radius 1 is 1.50 bits per heavy atom. The normalized spacial score (nSPS) is 19.2. The standard InChI is InChI=1S/C10H14N6O2/c1-12-8-13-9(15-10(14-8)17-2)16-3-4-18-7(5-11)6-16/h7H,3-4,6H2,1-2H3,(H,12,13,14,15). The molecule has 1 unspecified atom stereocenters. The number of nitriles is 1. The highest BCUT2D eigenvalue weighted by molar-refractivity contribution is 5.38. The van der Waals surface area contributed by atoms with Gasteiger partial charge >= 0.3 is 6.01 Å². The highest BCUT2D eigenvalue weighted by Crippen LogP contribution is 2.17. The molecule has 0 radical (unpaired) electrons. The van der Waals surface area contributed by atoms with Gasteiger partial charge in [0, 0.05) is 13.6 Å². The smallest absolute Gasteiger partial charge is 0.322 e. The van der Waals surface area contributed by atoms with Gasteiger partial charge in [0.05, 0.1) is 26.3 Å². The molecule has 8 heteroatoms. The first-order valence-corrected chi connectivity index (χ1v) is 5.50. The number of hydrogen-bond acceptors (Lipinski definition) is 8. The average molecular weight is 250 g/mol. The lowest BCUT2D eigenvalue weighted by atomic mass is 10.3. The molecule has 1 saturated heterocycles. The van der Waals surface area contributed by atoms with Gasteiger partial charge in [-0.05, 0) is 0 Å². The number of anilines is 2. The Balaban J connectivity index is 2.24. The van der Waals surface area contributed by atoms with Crippen molar-refractivity contribution in [2.75, 3.05) is 44.1 Å². The number of rotatable bonds is 3. The zero-order valence-electron chi connectivity index (χ0n) is 10.3. The minimum atomic E-state index is -0.459. The maximum atomic E-state index is 8.87. The van der Waals surface area contributed by atoms with Crippen LogP contribution in [0, 0.1) is 11.3 Å². The van der Waals surface area contributed by atoms with Crippen LogP contribution in [0.1, 0.15) is 0 Å². The van der Waals surface area contributed by atoms with Crippen LogP contribution in [-0.4, -0.2) is 54.9 Å². The summed E-state index contributed by atoms with van der Waals surface area (Å²) < 4.78 is 10.3. The van der Waals surface area contributed by atoms with Crippen LogP contribution < -0.4 is 15.0 Å². The van der Waals surface area contributed by atoms with Crippen LogP contribution in [0.15, 0.2) is 0 Å². The fourth-order valence-corrected chi connectivity index (χ4v) is 1.60. The van der Waals surface area contributed by atoms with E-state index in [9.17, 15) is 0 Å². The summed E-state index contributed by atoms with van der Waals surface area (Å²) in [6.45, 7) is 1.54. The molecular weight excluding hydrogens is 236 g/mol. The Morgan fingerprint density at radius 2 is 2.33 bits per heavy atom. The molecule has 1 aromatic rings. The Labute approximate surface area is 105 Å². The van der Waals surface area contributed by atoms with E-state index in [1.807, 2.05) is 4.90 Å². The van der Waals surface area contributed by atoms with Gasteiger partial charge in [0.15, 0.2) is 6.10 Å². The molecule has 0 spiro atoms. The van der Waals surface area contributed by atoms with Crippen LogP contribution in [-0.2, 0) is 4.74 Å². The molecule has 0 saturated carbocycles. The lowest BCUT2D eigenvalue weighted by Gasteiger charge is -2.29. The zero-order valence-corrected chi connectivity index (χ0v) is 10.3. The Morgan fingerprint density at radius 3 is 3.00 bits per heavy atom. The number of hydrogen-bond donors (Lipinski definition) is 1. The molecular formula is C10H14N6O2. The van der Waals surface area contributed by atoms with E-state index in [4.69, 9.17) is 14.7 Å². The van der Waals surface area contributed by atoms with Gasteiger partial charge in [-0.1, -0.05) is 0 Å². The van der Waals surface area contributed by atoms with Crippen molar-refractivity contribution >= 4 is 11.9 Å². The molecule has 96 valence electrons. The minimum Gasteiger partial charge on any atom is -0.467 e. The fraction of sp³-hybridized carbons (Fsp3) is 0.600. The average Bonchev–Trinajstić information content (AvgIpc) is 2.46. The molecule has 1 aliphatic heterocycles. The van der Waals surface area contributed by atoms with Gasteiger partial charge in [-0.25, -0.2) is 0 Å². The second-order valence-electron chi connectivity index (χ2n) is 3.63. The van der Waals surface area contributed by atoms with E-state index >= 15 is 0 Å². The molecule has 18 heavy (non-hydrogen) atoms. The molecule has 1 atom stereocenters. The first-order chi connectivity index (χ1) is 8.76. The lowest BCUT2D eigenvalue weighted by Crippen LogP contribution is -2.42. The molecule has 1 fully saturated rings. The van der Waals surface area contributed by atoms with Gasteiger partial charge in [-0.15, -0.1) is 0 Å². The molecule has 2 heterocycles. The van der Waals surface area contributed by atoms with Gasteiger partial charge < -0.3 is 19.7 Å². The van der Waals surface area contributed by atoms with Crippen LogP contribution in [0.4, 0.5) is 11.9 Å². The van der Waals surface area contributed by atoms with E-state index in [0.29, 0.717) is 31.6 Å². The summed E-state index contributed by atoms with van der Waals surface area (Å²) in [5, 5.41) is 11.7. The van der Waals surface area contributed by atoms with Gasteiger partial charge in [-0.3, -0.25) is 0 Å². The minimum absolute atomic E-state index is 0.240. The predicted molar refractivity (Wildman–Crippen MR) is 63.5 cm³/mol. The SMILES string of the molecule is CNc1nc(OC)nc(N2CCOC(C#N)C2)n1. The third-order valence-corrected chi connectivity index (χ3v) is 2.50. The predicted octanol–water partition coefficient (Wildman–Crippen LogP) is -0.349. The Bertz CT molecular complexity index is 438. The third-order valence-electron chi connectivity index (χ3n) is 2.50. The van der Waals surface area contributed by atoms with E-state index in [1.165, 1.54) is 7.11 Å². The summed E-state index contributed by atoms with van der Waals surface area (Å²) in [5.74, 6) is 0.909. The van der Waals surface area contributed by atoms with E-state index in [0.717, 1.165) is 0 Å². The van der Waals surface area contributed by atoms with Gasteiger partial charge in [-0.2, -0.15) is 20.2 Å². The van der Waals surface area contributed by atoms with Crippen LogP contribution in [0.2, 0.25) is 0 Å². The molecule has 0 amide bonds. The molecule has 0 aromatic carbocycles. The molecule has 1 aromatic heterocycles. The number of ether oxygens (including phenoxy) is 2. The molecule has 1 aliphatic rings. The fourth-order valence-electron chi connectivity index (χ4n) is 1.60. The number of nitrogens with one attached hydrogen (secondary N) is 1. The molecule has 2 rings (SSSR count). The quantitative estimate of drug-likeness (QED) is 0.777. The molecule has 0 bridgehead atoms. The third kappa shape index (κ3) is 2.57.